The van der Waals surface area contributed by atoms with E-state index < -0.39 is 0 Å². The molecule has 1 unspecified atom stereocenters. The first kappa shape index (κ1) is 15.9. The number of rotatable bonds is 11. The molecule has 2 heteroatoms. The van der Waals surface area contributed by atoms with Crippen LogP contribution in [-0.2, 0) is 0 Å². The van der Waals surface area contributed by atoms with Crippen LogP contribution in [0.25, 0.3) is 0 Å². The summed E-state index contributed by atoms with van der Waals surface area (Å²) in [4.78, 5) is 0. The highest BCUT2D eigenvalue weighted by Crippen LogP contribution is 2.13. The van der Waals surface area contributed by atoms with Gasteiger partial charge in [-0.25, -0.2) is 0 Å². The maximum absolute atomic E-state index is 5.57. The highest BCUT2D eigenvalue weighted by molar-refractivity contribution is 4.64. The standard InChI is InChI=1S/C14H32N2/c1-4-5-6-7-8-9-10-14(16-15)12-11-13(2)3/h13-14,16H,4-12,15H2,1-3H3. The van der Waals surface area contributed by atoms with Crippen LogP contribution in [0.1, 0.15) is 78.6 Å². The fourth-order valence-electron chi connectivity index (χ4n) is 2.02. The fourth-order valence-corrected chi connectivity index (χ4v) is 2.02. The van der Waals surface area contributed by atoms with Gasteiger partial charge >= 0.3 is 0 Å². The van der Waals surface area contributed by atoms with E-state index in [0.717, 1.165) is 5.92 Å². The summed E-state index contributed by atoms with van der Waals surface area (Å²) < 4.78 is 0. The molecule has 1 atom stereocenters. The molecule has 2 nitrogen and oxygen atoms in total. The normalized spacial score (nSPS) is 13.3. The first-order valence-corrected chi connectivity index (χ1v) is 7.16. The average molecular weight is 228 g/mol. The summed E-state index contributed by atoms with van der Waals surface area (Å²) in [5.74, 6) is 6.36. The molecular formula is C14H32N2. The summed E-state index contributed by atoms with van der Waals surface area (Å²) in [6, 6.07) is 0.536. The van der Waals surface area contributed by atoms with Crippen LogP contribution in [0.15, 0.2) is 0 Å². The molecule has 0 radical (unpaired) electrons. The minimum atomic E-state index is 0.536. The van der Waals surface area contributed by atoms with Crippen LogP contribution < -0.4 is 11.3 Å². The molecule has 16 heavy (non-hydrogen) atoms. The second kappa shape index (κ2) is 11.4. The van der Waals surface area contributed by atoms with Gasteiger partial charge in [-0.05, 0) is 25.2 Å². The van der Waals surface area contributed by atoms with E-state index in [2.05, 4.69) is 26.2 Å². The van der Waals surface area contributed by atoms with Gasteiger partial charge in [-0.15, -0.1) is 0 Å². The lowest BCUT2D eigenvalue weighted by Gasteiger charge is -2.16. The lowest BCUT2D eigenvalue weighted by Crippen LogP contribution is -2.35. The zero-order chi connectivity index (χ0) is 12.2. The van der Waals surface area contributed by atoms with E-state index in [0.29, 0.717) is 6.04 Å². The molecule has 0 aliphatic carbocycles. The first-order chi connectivity index (χ1) is 7.70. The van der Waals surface area contributed by atoms with Crippen molar-refractivity contribution in [1.29, 1.82) is 0 Å². The number of hydrogen-bond donors (Lipinski definition) is 2. The number of hydrazine groups is 1. The zero-order valence-corrected chi connectivity index (χ0v) is 11.6. The molecule has 0 fully saturated rings. The number of unbranched alkanes of at least 4 members (excludes halogenated alkanes) is 5. The third-order valence-corrected chi connectivity index (χ3v) is 3.23. The molecule has 0 aliphatic heterocycles. The van der Waals surface area contributed by atoms with Crippen molar-refractivity contribution >= 4 is 0 Å². The van der Waals surface area contributed by atoms with Crippen LogP contribution in [-0.4, -0.2) is 6.04 Å². The fraction of sp³-hybridized carbons (Fsp3) is 1.00. The highest BCUT2D eigenvalue weighted by Gasteiger charge is 2.06. The molecule has 0 aliphatic rings. The topological polar surface area (TPSA) is 38.0 Å². The second-order valence-electron chi connectivity index (χ2n) is 5.39. The van der Waals surface area contributed by atoms with Gasteiger partial charge < -0.3 is 0 Å². The third kappa shape index (κ3) is 10.4. The van der Waals surface area contributed by atoms with Crippen molar-refractivity contribution < 1.29 is 0 Å². The molecule has 98 valence electrons. The van der Waals surface area contributed by atoms with Gasteiger partial charge in [0.25, 0.3) is 0 Å². The maximum atomic E-state index is 5.57. The largest absolute Gasteiger partial charge is 0.271 e. The van der Waals surface area contributed by atoms with Gasteiger partial charge in [0.15, 0.2) is 0 Å². The Morgan fingerprint density at radius 3 is 2.06 bits per heavy atom. The monoisotopic (exact) mass is 228 g/mol. The van der Waals surface area contributed by atoms with Crippen LogP contribution in [0.5, 0.6) is 0 Å². The minimum Gasteiger partial charge on any atom is -0.271 e. The molecular weight excluding hydrogens is 196 g/mol. The van der Waals surface area contributed by atoms with E-state index >= 15 is 0 Å². The highest BCUT2D eigenvalue weighted by atomic mass is 15.2. The Labute approximate surface area is 102 Å². The molecule has 0 aromatic carbocycles. The van der Waals surface area contributed by atoms with Gasteiger partial charge in [-0.3, -0.25) is 11.3 Å². The van der Waals surface area contributed by atoms with Crippen LogP contribution in [0.3, 0.4) is 0 Å². The molecule has 0 amide bonds. The Kier molecular flexibility index (Phi) is 11.3. The van der Waals surface area contributed by atoms with Gasteiger partial charge in [0.05, 0.1) is 0 Å². The Balaban J connectivity index is 3.33. The smallest absolute Gasteiger partial charge is 0.0210 e. The van der Waals surface area contributed by atoms with Crippen LogP contribution in [0.2, 0.25) is 0 Å². The average Bonchev–Trinajstić information content (AvgIpc) is 2.27. The zero-order valence-electron chi connectivity index (χ0n) is 11.6. The van der Waals surface area contributed by atoms with E-state index in [1.807, 2.05) is 0 Å². The Bertz CT molecular complexity index is 135. The SMILES string of the molecule is CCCCCCCCC(CCC(C)C)NN. The van der Waals surface area contributed by atoms with Crippen molar-refractivity contribution in [3.8, 4) is 0 Å². The predicted octanol–water partition coefficient (Wildman–Crippen LogP) is 4.01. The summed E-state index contributed by atoms with van der Waals surface area (Å²) in [5.41, 5.74) is 2.96. The first-order valence-electron chi connectivity index (χ1n) is 7.16. The summed E-state index contributed by atoms with van der Waals surface area (Å²) in [5, 5.41) is 0. The van der Waals surface area contributed by atoms with Crippen molar-refractivity contribution in [3.63, 3.8) is 0 Å². The number of hydrogen-bond acceptors (Lipinski definition) is 2. The molecule has 0 spiro atoms. The lowest BCUT2D eigenvalue weighted by atomic mass is 9.99. The molecule has 0 saturated carbocycles. The molecule has 0 saturated heterocycles. The van der Waals surface area contributed by atoms with E-state index in [4.69, 9.17) is 5.84 Å². The Hall–Kier alpha value is -0.0800. The van der Waals surface area contributed by atoms with Crippen molar-refractivity contribution in [2.24, 2.45) is 11.8 Å². The van der Waals surface area contributed by atoms with Gasteiger partial charge in [-0.2, -0.15) is 0 Å². The molecule has 0 rings (SSSR count). The Morgan fingerprint density at radius 2 is 1.50 bits per heavy atom. The second-order valence-corrected chi connectivity index (χ2v) is 5.39. The van der Waals surface area contributed by atoms with E-state index in [1.54, 1.807) is 0 Å². The lowest BCUT2D eigenvalue weighted by molar-refractivity contribution is 0.401. The van der Waals surface area contributed by atoms with Gasteiger partial charge in [0.1, 0.15) is 0 Å². The molecule has 0 bridgehead atoms. The minimum absolute atomic E-state index is 0.536. The Morgan fingerprint density at radius 1 is 0.875 bits per heavy atom. The maximum Gasteiger partial charge on any atom is 0.0210 e. The van der Waals surface area contributed by atoms with Crippen molar-refractivity contribution in [1.82, 2.24) is 5.43 Å². The summed E-state index contributed by atoms with van der Waals surface area (Å²) in [6.07, 6.45) is 12.0. The van der Waals surface area contributed by atoms with E-state index in [1.165, 1.54) is 57.8 Å². The van der Waals surface area contributed by atoms with Crippen LogP contribution in [0, 0.1) is 5.92 Å². The molecule has 0 aromatic heterocycles. The van der Waals surface area contributed by atoms with E-state index in [-0.39, 0.29) is 0 Å². The van der Waals surface area contributed by atoms with Crippen molar-refractivity contribution in [2.45, 2.75) is 84.6 Å². The predicted molar refractivity (Wildman–Crippen MR) is 73.2 cm³/mol. The number of nitrogens with one attached hydrogen (secondary N) is 1. The summed E-state index contributed by atoms with van der Waals surface area (Å²) in [7, 11) is 0. The summed E-state index contributed by atoms with van der Waals surface area (Å²) >= 11 is 0. The van der Waals surface area contributed by atoms with Gasteiger partial charge in [0, 0.05) is 6.04 Å². The van der Waals surface area contributed by atoms with Crippen LogP contribution in [0.4, 0.5) is 0 Å². The third-order valence-electron chi connectivity index (χ3n) is 3.23. The number of nitrogens with two attached hydrogens (primary N) is 1. The molecule has 0 aromatic rings. The van der Waals surface area contributed by atoms with E-state index in [9.17, 15) is 0 Å². The van der Waals surface area contributed by atoms with Crippen LogP contribution >= 0.6 is 0 Å². The van der Waals surface area contributed by atoms with Crippen molar-refractivity contribution in [2.75, 3.05) is 0 Å². The molecule has 0 heterocycles. The van der Waals surface area contributed by atoms with Gasteiger partial charge in [0.2, 0.25) is 0 Å². The molecule has 3 N–H and O–H groups in total. The summed E-state index contributed by atoms with van der Waals surface area (Å²) in [6.45, 7) is 6.82. The quantitative estimate of drug-likeness (QED) is 0.318. The van der Waals surface area contributed by atoms with Crippen molar-refractivity contribution in [3.05, 3.63) is 0 Å². The van der Waals surface area contributed by atoms with Gasteiger partial charge in [-0.1, -0.05) is 59.3 Å².